The van der Waals surface area contributed by atoms with Crippen LogP contribution in [0.4, 0.5) is 0 Å². The van der Waals surface area contributed by atoms with Gasteiger partial charge in [0.2, 0.25) is 11.7 Å². The molecule has 9 atom stereocenters. The van der Waals surface area contributed by atoms with Gasteiger partial charge in [-0.15, -0.1) is 0 Å². The number of fused-ring (bicyclic) bond motifs is 13. The van der Waals surface area contributed by atoms with E-state index < -0.39 is 89.1 Å². The van der Waals surface area contributed by atoms with E-state index in [0.29, 0.717) is 5.57 Å². The Morgan fingerprint density at radius 3 is 2.04 bits per heavy atom. The molecular formula is C42H51NO14. The SMILES string of the molecule is COC1=NC2=CC(=O)c3c(c(OC(C)=O)c(C)c4c3C(=O)C(C)(O/C=C/C(OC)C(C)C(OC(C)=O)C(C)C(O)C(C)C(OC(C)=O)C(C)/C=C/C=C\1C)O4)C2=O. The van der Waals surface area contributed by atoms with Gasteiger partial charge in [0, 0.05) is 75.7 Å². The predicted octanol–water partition coefficient (Wildman–Crippen LogP) is 5.35. The van der Waals surface area contributed by atoms with Gasteiger partial charge < -0.3 is 38.3 Å². The summed E-state index contributed by atoms with van der Waals surface area (Å²) >= 11 is 0. The maximum absolute atomic E-state index is 14.2. The molecule has 9 unspecified atom stereocenters. The summed E-state index contributed by atoms with van der Waals surface area (Å²) in [5.74, 6) is -9.32. The van der Waals surface area contributed by atoms with Crippen molar-refractivity contribution in [3.63, 3.8) is 0 Å². The molecule has 3 heterocycles. The number of carbonyl (C=O) groups excluding carboxylic acids is 6. The quantitative estimate of drug-likeness (QED) is 0.302. The Morgan fingerprint density at radius 2 is 1.46 bits per heavy atom. The van der Waals surface area contributed by atoms with Gasteiger partial charge in [-0.3, -0.25) is 28.8 Å². The van der Waals surface area contributed by atoms with E-state index in [9.17, 15) is 33.9 Å². The first-order valence-electron chi connectivity index (χ1n) is 18.5. The number of methoxy groups -OCH3 is 2. The molecule has 0 spiro atoms. The van der Waals surface area contributed by atoms with Gasteiger partial charge in [-0.2, -0.15) is 0 Å². The van der Waals surface area contributed by atoms with E-state index in [2.05, 4.69) is 4.99 Å². The van der Waals surface area contributed by atoms with Crippen LogP contribution in [0.5, 0.6) is 11.5 Å². The molecule has 4 aliphatic rings. The molecule has 1 aromatic rings. The van der Waals surface area contributed by atoms with Crippen molar-refractivity contribution in [1.82, 2.24) is 0 Å². The van der Waals surface area contributed by atoms with Crippen LogP contribution >= 0.6 is 0 Å². The Morgan fingerprint density at radius 1 is 0.842 bits per heavy atom. The molecule has 3 aliphatic heterocycles. The van der Waals surface area contributed by atoms with Crippen LogP contribution in [0.2, 0.25) is 0 Å². The summed E-state index contributed by atoms with van der Waals surface area (Å²) < 4.78 is 40.3. The number of rotatable bonds is 4. The standard InChI is InChI=1S/C42H51NO14/c1-19-14-13-15-20(2)41(52-12)43-28-18-29(47)31-32(35(28)49)38(56-27(9)46)24(6)39-33(31)40(50)42(10,57-39)53-17-16-30(51-11)21(3)37(55-26(8)45)23(5)34(48)22(4)36(19)54-25(7)44/h13-19,21-23,30,34,36-37,48H,1-12H3/b14-13+,17-16+,20-15-,43-41?. The number of benzene rings is 1. The Bertz CT molecular complexity index is 1990. The molecule has 0 amide bonds. The number of aliphatic hydroxyl groups excluding tert-OH is 1. The maximum Gasteiger partial charge on any atom is 0.312 e. The molecule has 0 saturated carbocycles. The summed E-state index contributed by atoms with van der Waals surface area (Å²) in [5.41, 5.74) is -0.760. The third-order valence-corrected chi connectivity index (χ3v) is 10.4. The lowest BCUT2D eigenvalue weighted by Crippen LogP contribution is -2.47. The number of aliphatic hydroxyl groups is 1. The van der Waals surface area contributed by atoms with E-state index in [1.807, 2.05) is 0 Å². The van der Waals surface area contributed by atoms with E-state index in [-0.39, 0.29) is 45.3 Å². The zero-order valence-corrected chi connectivity index (χ0v) is 34.3. The summed E-state index contributed by atoms with van der Waals surface area (Å²) in [6.07, 6.45) is 4.92. The summed E-state index contributed by atoms with van der Waals surface area (Å²) in [6.45, 7) is 15.1. The number of aliphatic imine (C=N–C) groups is 1. The summed E-state index contributed by atoms with van der Waals surface area (Å²) in [6, 6.07) is 0. The van der Waals surface area contributed by atoms with Crippen LogP contribution < -0.4 is 9.47 Å². The second-order valence-electron chi connectivity index (χ2n) is 14.7. The molecular weight excluding hydrogens is 742 g/mol. The minimum Gasteiger partial charge on any atom is -0.481 e. The molecule has 0 aromatic heterocycles. The van der Waals surface area contributed by atoms with Gasteiger partial charge in [-0.05, 0) is 19.9 Å². The molecule has 0 radical (unpaired) electrons. The molecule has 0 saturated heterocycles. The lowest BCUT2D eigenvalue weighted by molar-refractivity contribution is -0.164. The zero-order valence-electron chi connectivity index (χ0n) is 34.3. The fourth-order valence-electron chi connectivity index (χ4n) is 7.43. The van der Waals surface area contributed by atoms with Crippen LogP contribution in [-0.2, 0) is 38.1 Å². The summed E-state index contributed by atoms with van der Waals surface area (Å²) in [7, 11) is 2.74. The smallest absolute Gasteiger partial charge is 0.312 e. The van der Waals surface area contributed by atoms with E-state index in [4.69, 9.17) is 33.2 Å². The Hall–Kier alpha value is -5.41. The van der Waals surface area contributed by atoms with E-state index in [1.165, 1.54) is 54.3 Å². The molecule has 1 aliphatic carbocycles. The second-order valence-corrected chi connectivity index (χ2v) is 14.7. The largest absolute Gasteiger partial charge is 0.481 e. The third-order valence-electron chi connectivity index (χ3n) is 10.4. The predicted molar refractivity (Wildman–Crippen MR) is 205 cm³/mol. The fourth-order valence-corrected chi connectivity index (χ4v) is 7.43. The van der Waals surface area contributed by atoms with Crippen molar-refractivity contribution >= 4 is 41.2 Å². The second kappa shape index (κ2) is 17.8. The number of carbonyl (C=O) groups is 6. The molecule has 15 heteroatoms. The van der Waals surface area contributed by atoms with Crippen LogP contribution in [0.1, 0.15) is 99.0 Å². The van der Waals surface area contributed by atoms with Crippen molar-refractivity contribution in [2.75, 3.05) is 14.2 Å². The van der Waals surface area contributed by atoms with Gasteiger partial charge in [-0.1, -0.05) is 45.9 Å². The van der Waals surface area contributed by atoms with Gasteiger partial charge in [0.15, 0.2) is 5.78 Å². The molecule has 5 rings (SSSR count). The third kappa shape index (κ3) is 9.10. The van der Waals surface area contributed by atoms with Gasteiger partial charge in [0.25, 0.3) is 5.78 Å². The van der Waals surface area contributed by atoms with E-state index in [1.54, 1.807) is 52.8 Å². The minimum atomic E-state index is -2.07. The van der Waals surface area contributed by atoms with E-state index in [0.717, 1.165) is 13.0 Å². The number of esters is 3. The first kappa shape index (κ1) is 44.3. The number of Topliss-reactive ketones (excluding diaryl/α,β-unsaturated/α-hetero) is 2. The first-order chi connectivity index (χ1) is 26.7. The van der Waals surface area contributed by atoms with Crippen molar-refractivity contribution < 1.29 is 67.0 Å². The molecule has 57 heavy (non-hydrogen) atoms. The maximum atomic E-state index is 14.2. The topological polar surface area (TPSA) is 200 Å². The molecule has 308 valence electrons. The van der Waals surface area contributed by atoms with Crippen molar-refractivity contribution in [2.45, 2.75) is 99.4 Å². The first-order valence-corrected chi connectivity index (χ1v) is 18.5. The van der Waals surface area contributed by atoms with Crippen molar-refractivity contribution in [2.24, 2.45) is 28.7 Å². The highest BCUT2D eigenvalue weighted by Gasteiger charge is 2.52. The lowest BCUT2D eigenvalue weighted by Gasteiger charge is -2.38. The lowest BCUT2D eigenvalue weighted by atomic mass is 9.78. The highest BCUT2D eigenvalue weighted by molar-refractivity contribution is 6.30. The number of hydrogen-bond donors (Lipinski definition) is 1. The van der Waals surface area contributed by atoms with Crippen LogP contribution in [-0.4, -0.2) is 90.7 Å². The zero-order chi connectivity index (χ0) is 42.7. The minimum absolute atomic E-state index is 0.0363. The van der Waals surface area contributed by atoms with Gasteiger partial charge in [0.05, 0.1) is 42.3 Å². The highest BCUT2D eigenvalue weighted by atomic mass is 16.7. The van der Waals surface area contributed by atoms with Crippen molar-refractivity contribution in [1.29, 1.82) is 0 Å². The summed E-state index contributed by atoms with van der Waals surface area (Å²) in [5, 5.41) is 11.8. The number of allylic oxidation sites excluding steroid dienone is 4. The molecule has 5 bridgehead atoms. The fraction of sp³-hybridized carbons (Fsp3) is 0.500. The van der Waals surface area contributed by atoms with Crippen LogP contribution in [0.15, 0.2) is 52.9 Å². The number of hydrogen-bond acceptors (Lipinski definition) is 15. The number of ether oxygens (including phenoxy) is 7. The van der Waals surface area contributed by atoms with Crippen LogP contribution in [0.3, 0.4) is 0 Å². The van der Waals surface area contributed by atoms with Crippen molar-refractivity contribution in [3.05, 3.63) is 70.2 Å². The monoisotopic (exact) mass is 793 g/mol. The number of ketones is 3. The molecule has 0 fully saturated rings. The van der Waals surface area contributed by atoms with Crippen molar-refractivity contribution in [3.8, 4) is 11.5 Å². The van der Waals surface area contributed by atoms with E-state index >= 15 is 0 Å². The van der Waals surface area contributed by atoms with Crippen LogP contribution in [0.25, 0.3) is 0 Å². The average Bonchev–Trinajstić information content (AvgIpc) is 3.40. The highest BCUT2D eigenvalue weighted by Crippen LogP contribution is 2.48. The Balaban J connectivity index is 1.96. The Kier molecular flexibility index (Phi) is 13.8. The molecule has 1 N–H and O–H groups in total. The molecule has 15 nitrogen and oxygen atoms in total. The normalized spacial score (nSPS) is 31.4. The Labute approximate surface area is 331 Å². The van der Waals surface area contributed by atoms with Gasteiger partial charge in [-0.25, -0.2) is 4.99 Å². The molecule has 1 aromatic carbocycles. The van der Waals surface area contributed by atoms with Crippen LogP contribution in [0, 0.1) is 30.6 Å². The van der Waals surface area contributed by atoms with Gasteiger partial charge >= 0.3 is 23.7 Å². The van der Waals surface area contributed by atoms with Gasteiger partial charge in [0.1, 0.15) is 29.4 Å². The number of nitrogens with zero attached hydrogens (tertiary/aromatic N) is 1. The summed E-state index contributed by atoms with van der Waals surface area (Å²) in [4.78, 5) is 83.7. The average molecular weight is 794 g/mol.